The summed E-state index contributed by atoms with van der Waals surface area (Å²) in [5, 5.41) is 12.1. The third kappa shape index (κ3) is 3.36. The number of Topliss-reactive ketones (excluding diaryl/α,β-unsaturated/α-hetero) is 1. The smallest absolute Gasteiger partial charge is 0.149 e. The Labute approximate surface area is 90.1 Å². The first kappa shape index (κ1) is 11.7. The minimum absolute atomic E-state index is 0.125. The van der Waals surface area contributed by atoms with Gasteiger partial charge in [-0.25, -0.2) is 0 Å². The molecule has 0 unspecified atom stereocenters. The lowest BCUT2D eigenvalue weighted by molar-refractivity contribution is -0.120. The van der Waals surface area contributed by atoms with E-state index in [0.717, 1.165) is 5.56 Å². The molecule has 0 aliphatic carbocycles. The highest BCUT2D eigenvalue weighted by Gasteiger charge is 2.14. The maximum absolute atomic E-state index is 11.5. The fraction of sp³-hybridized carbons (Fsp3) is 0.417. The third-order valence-corrected chi connectivity index (χ3v) is 2.46. The maximum atomic E-state index is 11.5. The lowest BCUT2D eigenvalue weighted by Gasteiger charge is -2.13. The normalized spacial score (nSPS) is 12.4. The van der Waals surface area contributed by atoms with Crippen LogP contribution in [0, 0.1) is 0 Å². The first-order valence-corrected chi connectivity index (χ1v) is 5.15. The van der Waals surface area contributed by atoms with E-state index in [2.05, 4.69) is 5.32 Å². The Morgan fingerprint density at radius 2 is 2.00 bits per heavy atom. The minimum atomic E-state index is -0.125. The van der Waals surface area contributed by atoms with E-state index >= 15 is 0 Å². The van der Waals surface area contributed by atoms with Gasteiger partial charge in [0, 0.05) is 6.42 Å². The van der Waals surface area contributed by atoms with Gasteiger partial charge in [-0.3, -0.25) is 4.79 Å². The van der Waals surface area contributed by atoms with E-state index in [-0.39, 0.29) is 17.6 Å². The number of hydrogen-bond donors (Lipinski definition) is 2. The minimum Gasteiger partial charge on any atom is -0.508 e. The first-order valence-electron chi connectivity index (χ1n) is 5.15. The Hall–Kier alpha value is -1.35. The van der Waals surface area contributed by atoms with Crippen molar-refractivity contribution in [2.24, 2.45) is 0 Å². The van der Waals surface area contributed by atoms with Gasteiger partial charge in [-0.2, -0.15) is 0 Å². The van der Waals surface area contributed by atoms with Crippen LogP contribution < -0.4 is 5.32 Å². The number of hydrogen-bond acceptors (Lipinski definition) is 3. The van der Waals surface area contributed by atoms with Crippen LogP contribution in [0.2, 0.25) is 0 Å². The number of rotatable bonds is 5. The Bertz CT molecular complexity index is 319. The highest BCUT2D eigenvalue weighted by Crippen LogP contribution is 2.11. The Balaban J connectivity index is 2.66. The summed E-state index contributed by atoms with van der Waals surface area (Å²) in [4.78, 5) is 11.5. The molecule has 2 N–H and O–H groups in total. The number of benzene rings is 1. The molecule has 82 valence electrons. The number of phenolic OH excluding ortho intramolecular Hbond substituents is 1. The molecule has 3 heteroatoms. The van der Waals surface area contributed by atoms with Crippen molar-refractivity contribution in [3.63, 3.8) is 0 Å². The predicted octanol–water partition coefficient (Wildman–Crippen LogP) is 1.50. The molecular weight excluding hydrogens is 190 g/mol. The van der Waals surface area contributed by atoms with Crippen molar-refractivity contribution in [2.45, 2.75) is 25.8 Å². The molecule has 0 spiro atoms. The summed E-state index contributed by atoms with van der Waals surface area (Å²) < 4.78 is 0. The van der Waals surface area contributed by atoms with Gasteiger partial charge in [0.15, 0.2) is 0 Å². The average molecular weight is 207 g/mol. The number of ketones is 1. The van der Waals surface area contributed by atoms with E-state index in [1.54, 1.807) is 19.2 Å². The summed E-state index contributed by atoms with van der Waals surface area (Å²) in [7, 11) is 1.79. The topological polar surface area (TPSA) is 49.3 Å². The molecular formula is C12H17NO2. The summed E-state index contributed by atoms with van der Waals surface area (Å²) in [6.45, 7) is 1.86. The summed E-state index contributed by atoms with van der Waals surface area (Å²) in [6.07, 6.45) is 1.22. The molecule has 0 aliphatic heterocycles. The van der Waals surface area contributed by atoms with Crippen molar-refractivity contribution < 1.29 is 9.90 Å². The maximum Gasteiger partial charge on any atom is 0.149 e. The highest BCUT2D eigenvalue weighted by atomic mass is 16.3. The fourth-order valence-corrected chi connectivity index (χ4v) is 1.49. The molecule has 1 aromatic carbocycles. The summed E-state index contributed by atoms with van der Waals surface area (Å²) in [6, 6.07) is 6.82. The molecule has 0 amide bonds. The van der Waals surface area contributed by atoms with E-state index in [1.165, 1.54) is 0 Å². The van der Waals surface area contributed by atoms with Crippen LogP contribution in [0.1, 0.15) is 18.9 Å². The second-order valence-electron chi connectivity index (χ2n) is 3.53. The number of nitrogens with one attached hydrogen (secondary N) is 1. The Kier molecular flexibility index (Phi) is 4.31. The number of likely N-dealkylation sites (N-methyl/N-ethyl adjacent to an activating group) is 1. The van der Waals surface area contributed by atoms with Crippen LogP contribution in [-0.4, -0.2) is 24.0 Å². The molecule has 15 heavy (non-hydrogen) atoms. The molecule has 0 heterocycles. The molecule has 0 aromatic heterocycles. The van der Waals surface area contributed by atoms with Gasteiger partial charge in [0.2, 0.25) is 0 Å². The average Bonchev–Trinajstić information content (AvgIpc) is 2.27. The molecule has 1 aromatic rings. The zero-order chi connectivity index (χ0) is 11.3. The van der Waals surface area contributed by atoms with Gasteiger partial charge >= 0.3 is 0 Å². The summed E-state index contributed by atoms with van der Waals surface area (Å²) >= 11 is 0. The molecule has 0 radical (unpaired) electrons. The van der Waals surface area contributed by atoms with Crippen LogP contribution in [0.4, 0.5) is 0 Å². The van der Waals surface area contributed by atoms with Crippen molar-refractivity contribution in [3.05, 3.63) is 29.8 Å². The van der Waals surface area contributed by atoms with Gasteiger partial charge in [0.05, 0.1) is 6.04 Å². The zero-order valence-corrected chi connectivity index (χ0v) is 9.16. The van der Waals surface area contributed by atoms with Crippen molar-refractivity contribution in [1.29, 1.82) is 0 Å². The van der Waals surface area contributed by atoms with Gasteiger partial charge in [-0.1, -0.05) is 19.1 Å². The number of carbonyl (C=O) groups excluding carboxylic acids is 1. The van der Waals surface area contributed by atoms with E-state index in [1.807, 2.05) is 19.1 Å². The summed E-state index contributed by atoms with van der Waals surface area (Å²) in [5.74, 6) is 0.465. The zero-order valence-electron chi connectivity index (χ0n) is 9.16. The van der Waals surface area contributed by atoms with E-state index < -0.39 is 0 Å². The molecule has 1 atom stereocenters. The van der Waals surface area contributed by atoms with Crippen LogP contribution >= 0.6 is 0 Å². The van der Waals surface area contributed by atoms with E-state index in [9.17, 15) is 4.79 Å². The Morgan fingerprint density at radius 3 is 2.47 bits per heavy atom. The van der Waals surface area contributed by atoms with Crippen LogP contribution in [0.3, 0.4) is 0 Å². The highest BCUT2D eigenvalue weighted by molar-refractivity contribution is 5.83. The van der Waals surface area contributed by atoms with Crippen molar-refractivity contribution in [1.82, 2.24) is 5.32 Å². The van der Waals surface area contributed by atoms with Gasteiger partial charge < -0.3 is 10.4 Å². The molecule has 0 aliphatic rings. The quantitative estimate of drug-likeness (QED) is 0.769. The molecule has 1 rings (SSSR count). The van der Waals surface area contributed by atoms with Crippen molar-refractivity contribution in [3.8, 4) is 5.75 Å². The van der Waals surface area contributed by atoms with E-state index in [0.29, 0.717) is 12.8 Å². The number of carbonyl (C=O) groups is 1. The lowest BCUT2D eigenvalue weighted by Crippen LogP contribution is -2.35. The van der Waals surface area contributed by atoms with Gasteiger partial charge in [0.1, 0.15) is 11.5 Å². The fourth-order valence-electron chi connectivity index (χ4n) is 1.49. The van der Waals surface area contributed by atoms with Crippen LogP contribution in [0.15, 0.2) is 24.3 Å². The molecule has 0 fully saturated rings. The van der Waals surface area contributed by atoms with Crippen LogP contribution in [-0.2, 0) is 11.2 Å². The van der Waals surface area contributed by atoms with Crippen molar-refractivity contribution in [2.75, 3.05) is 7.05 Å². The summed E-state index contributed by atoms with van der Waals surface area (Å²) in [5.41, 5.74) is 1.05. The third-order valence-electron chi connectivity index (χ3n) is 2.46. The van der Waals surface area contributed by atoms with Crippen LogP contribution in [0.5, 0.6) is 5.75 Å². The van der Waals surface area contributed by atoms with Crippen molar-refractivity contribution >= 4 is 5.78 Å². The first-order chi connectivity index (χ1) is 7.17. The Morgan fingerprint density at radius 1 is 1.40 bits per heavy atom. The molecule has 0 saturated heterocycles. The monoisotopic (exact) mass is 207 g/mol. The molecule has 3 nitrogen and oxygen atoms in total. The number of phenols is 1. The molecule has 0 bridgehead atoms. The van der Waals surface area contributed by atoms with Crippen LogP contribution in [0.25, 0.3) is 0 Å². The van der Waals surface area contributed by atoms with E-state index in [4.69, 9.17) is 5.11 Å². The lowest BCUT2D eigenvalue weighted by atomic mass is 10.0. The largest absolute Gasteiger partial charge is 0.508 e. The SMILES string of the molecule is CCC(=O)[C@H](Cc1ccc(O)cc1)NC. The standard InChI is InChI=1S/C12H17NO2/c1-3-12(15)11(13-2)8-9-4-6-10(14)7-5-9/h4-7,11,13-14H,3,8H2,1-2H3/t11-/m0/s1. The van der Waals surface area contributed by atoms with Gasteiger partial charge in [0.25, 0.3) is 0 Å². The van der Waals surface area contributed by atoms with Gasteiger partial charge in [-0.05, 0) is 31.2 Å². The van der Waals surface area contributed by atoms with Gasteiger partial charge in [-0.15, -0.1) is 0 Å². The predicted molar refractivity (Wildman–Crippen MR) is 60.0 cm³/mol. The number of aromatic hydroxyl groups is 1. The molecule has 0 saturated carbocycles. The second kappa shape index (κ2) is 5.51. The second-order valence-corrected chi connectivity index (χ2v) is 3.53.